The molecule has 3 N–H and O–H groups in total. The maximum absolute atomic E-state index is 8.64. The highest BCUT2D eigenvalue weighted by molar-refractivity contribution is 6.29. The highest BCUT2D eigenvalue weighted by Crippen LogP contribution is 2.33. The molecule has 6 heteroatoms. The van der Waals surface area contributed by atoms with Crippen molar-refractivity contribution >= 4 is 28.6 Å². The third kappa shape index (κ3) is 3.89. The van der Waals surface area contributed by atoms with Gasteiger partial charge in [-0.2, -0.15) is 0 Å². The summed E-state index contributed by atoms with van der Waals surface area (Å²) in [6.45, 7) is 2.54. The summed E-state index contributed by atoms with van der Waals surface area (Å²) >= 11 is 0. The molecule has 1 aliphatic carbocycles. The van der Waals surface area contributed by atoms with Gasteiger partial charge in [-0.25, -0.2) is 9.97 Å². The van der Waals surface area contributed by atoms with Gasteiger partial charge in [-0.05, 0) is 43.0 Å². The Morgan fingerprint density at radius 2 is 1.83 bits per heavy atom. The minimum atomic E-state index is 0.483. The zero-order valence-corrected chi connectivity index (χ0v) is 17.2. The summed E-state index contributed by atoms with van der Waals surface area (Å²) in [7, 11) is 1.88. The number of aryl methyl sites for hydroxylation is 1. The van der Waals surface area contributed by atoms with Gasteiger partial charge in [0.2, 0.25) is 5.95 Å². The van der Waals surface area contributed by atoms with E-state index < -0.39 is 0 Å². The van der Waals surface area contributed by atoms with Gasteiger partial charge in [0.25, 0.3) is 0 Å². The molecule has 1 aliphatic rings. The summed E-state index contributed by atoms with van der Waals surface area (Å²) in [5.41, 5.74) is 6.00. The van der Waals surface area contributed by atoms with Gasteiger partial charge < -0.3 is 20.8 Å². The lowest BCUT2D eigenvalue weighted by atomic mass is 9.87. The van der Waals surface area contributed by atoms with E-state index in [1.54, 1.807) is 0 Å². The maximum atomic E-state index is 8.64. The standard InChI is InChI=1S/C24H25N5O/c1-3-30-20-12-8-7-11-19(20)28-24-27-15-17-13-14-18(25)21(23(17)29-24)22(26-2)16-9-5-4-6-10-16/h4-12,15,25-26H,3,13-14H2,1-2H3,(H,27,28,29)/b22-21+,25-18?. The van der Waals surface area contributed by atoms with Gasteiger partial charge in [0.1, 0.15) is 5.75 Å². The van der Waals surface area contributed by atoms with Crippen LogP contribution in [-0.2, 0) is 6.42 Å². The first-order valence-electron chi connectivity index (χ1n) is 10.1. The van der Waals surface area contributed by atoms with Crippen molar-refractivity contribution in [1.82, 2.24) is 15.3 Å². The quantitative estimate of drug-likeness (QED) is 0.561. The molecule has 6 nitrogen and oxygen atoms in total. The monoisotopic (exact) mass is 399 g/mol. The normalized spacial score (nSPS) is 14.7. The minimum Gasteiger partial charge on any atom is -0.492 e. The molecule has 0 amide bonds. The summed E-state index contributed by atoms with van der Waals surface area (Å²) in [6.07, 6.45) is 3.29. The number of allylic oxidation sites excluding steroid dienone is 1. The van der Waals surface area contributed by atoms with Crippen LogP contribution in [0.5, 0.6) is 5.75 Å². The smallest absolute Gasteiger partial charge is 0.227 e. The van der Waals surface area contributed by atoms with Crippen molar-refractivity contribution < 1.29 is 4.74 Å². The first-order chi connectivity index (χ1) is 14.7. The van der Waals surface area contributed by atoms with Gasteiger partial charge in [0.15, 0.2) is 0 Å². The highest BCUT2D eigenvalue weighted by Gasteiger charge is 2.25. The fourth-order valence-electron chi connectivity index (χ4n) is 3.65. The van der Waals surface area contributed by atoms with Crippen LogP contribution in [-0.4, -0.2) is 29.3 Å². The Hall–Kier alpha value is -3.67. The number of ether oxygens (including phenoxy) is 1. The molecule has 1 heterocycles. The summed E-state index contributed by atoms with van der Waals surface area (Å²) in [4.78, 5) is 9.33. The zero-order valence-electron chi connectivity index (χ0n) is 17.2. The second kappa shape index (κ2) is 8.78. The predicted molar refractivity (Wildman–Crippen MR) is 121 cm³/mol. The molecule has 152 valence electrons. The van der Waals surface area contributed by atoms with E-state index in [2.05, 4.69) is 15.6 Å². The van der Waals surface area contributed by atoms with E-state index in [-0.39, 0.29) is 0 Å². The lowest BCUT2D eigenvalue weighted by Gasteiger charge is -2.23. The number of nitrogens with one attached hydrogen (secondary N) is 3. The number of hydrogen-bond acceptors (Lipinski definition) is 6. The van der Waals surface area contributed by atoms with Crippen LogP contribution in [0.4, 0.5) is 11.6 Å². The van der Waals surface area contributed by atoms with Crippen LogP contribution in [0.2, 0.25) is 0 Å². The Bertz CT molecular complexity index is 1090. The molecule has 4 rings (SSSR count). The van der Waals surface area contributed by atoms with Crippen molar-refractivity contribution in [3.63, 3.8) is 0 Å². The van der Waals surface area contributed by atoms with Gasteiger partial charge in [-0.3, -0.25) is 0 Å². The van der Waals surface area contributed by atoms with Crippen LogP contribution in [0.1, 0.15) is 30.2 Å². The van der Waals surface area contributed by atoms with Crippen LogP contribution in [0.3, 0.4) is 0 Å². The van der Waals surface area contributed by atoms with E-state index in [9.17, 15) is 0 Å². The SMILES string of the molecule is CCOc1ccccc1Nc1ncc2c(n1)/C(=C(/NC)c1ccccc1)C(=N)CC2. The molecule has 0 atom stereocenters. The lowest BCUT2D eigenvalue weighted by Crippen LogP contribution is -2.20. The molecular weight excluding hydrogens is 374 g/mol. The first kappa shape index (κ1) is 19.6. The van der Waals surface area contributed by atoms with E-state index in [1.165, 1.54) is 0 Å². The second-order valence-electron chi connectivity index (χ2n) is 6.97. The van der Waals surface area contributed by atoms with Crippen molar-refractivity contribution in [3.05, 3.63) is 77.6 Å². The van der Waals surface area contributed by atoms with Gasteiger partial charge in [0, 0.05) is 24.5 Å². The van der Waals surface area contributed by atoms with Gasteiger partial charge in [-0.1, -0.05) is 42.5 Å². The first-order valence-corrected chi connectivity index (χ1v) is 10.1. The van der Waals surface area contributed by atoms with Gasteiger partial charge in [0.05, 0.1) is 23.7 Å². The summed E-state index contributed by atoms with van der Waals surface area (Å²) in [5.74, 6) is 1.24. The number of nitrogens with zero attached hydrogens (tertiary/aromatic N) is 2. The van der Waals surface area contributed by atoms with E-state index >= 15 is 0 Å². The zero-order chi connectivity index (χ0) is 20.9. The molecule has 3 aromatic rings. The molecule has 30 heavy (non-hydrogen) atoms. The number of rotatable bonds is 6. The van der Waals surface area contributed by atoms with Crippen molar-refractivity contribution in [2.45, 2.75) is 19.8 Å². The summed E-state index contributed by atoms with van der Waals surface area (Å²) in [6, 6.07) is 17.8. The number of para-hydroxylation sites is 2. The van der Waals surface area contributed by atoms with E-state index in [4.69, 9.17) is 15.1 Å². The number of anilines is 2. The predicted octanol–water partition coefficient (Wildman–Crippen LogP) is 4.67. The molecule has 0 spiro atoms. The molecule has 1 aromatic heterocycles. The highest BCUT2D eigenvalue weighted by atomic mass is 16.5. The van der Waals surface area contributed by atoms with Crippen LogP contribution in [0, 0.1) is 5.41 Å². The van der Waals surface area contributed by atoms with Gasteiger partial charge in [-0.15, -0.1) is 0 Å². The average Bonchev–Trinajstić information content (AvgIpc) is 2.78. The van der Waals surface area contributed by atoms with Crippen molar-refractivity contribution in [2.24, 2.45) is 0 Å². The number of benzene rings is 2. The molecule has 0 saturated carbocycles. The summed E-state index contributed by atoms with van der Waals surface area (Å²) < 4.78 is 5.70. The second-order valence-corrected chi connectivity index (χ2v) is 6.97. The number of fused-ring (bicyclic) bond motifs is 1. The van der Waals surface area contributed by atoms with E-state index in [0.29, 0.717) is 24.7 Å². The Morgan fingerprint density at radius 1 is 1.07 bits per heavy atom. The Balaban J connectivity index is 1.79. The lowest BCUT2D eigenvalue weighted by molar-refractivity contribution is 0.342. The molecule has 0 fully saturated rings. The largest absolute Gasteiger partial charge is 0.492 e. The molecule has 0 radical (unpaired) electrons. The van der Waals surface area contributed by atoms with Crippen LogP contribution in [0.15, 0.2) is 60.8 Å². The van der Waals surface area contributed by atoms with Crippen LogP contribution < -0.4 is 15.4 Å². The van der Waals surface area contributed by atoms with Crippen LogP contribution in [0.25, 0.3) is 11.3 Å². The molecule has 2 aromatic carbocycles. The Morgan fingerprint density at radius 3 is 2.60 bits per heavy atom. The molecule has 0 bridgehead atoms. The fourth-order valence-corrected chi connectivity index (χ4v) is 3.65. The molecular formula is C24H25N5O. The Labute approximate surface area is 176 Å². The Kier molecular flexibility index (Phi) is 5.75. The third-order valence-corrected chi connectivity index (χ3v) is 5.04. The topological polar surface area (TPSA) is 82.9 Å². The van der Waals surface area contributed by atoms with Crippen molar-refractivity contribution in [2.75, 3.05) is 19.0 Å². The molecule has 0 aliphatic heterocycles. The van der Waals surface area contributed by atoms with Crippen molar-refractivity contribution in [3.8, 4) is 5.75 Å². The minimum absolute atomic E-state index is 0.483. The fraction of sp³-hybridized carbons (Fsp3) is 0.208. The molecule has 0 saturated heterocycles. The van der Waals surface area contributed by atoms with Crippen LogP contribution >= 0.6 is 0 Å². The summed E-state index contributed by atoms with van der Waals surface area (Å²) in [5, 5.41) is 15.2. The molecule has 0 unspecified atom stereocenters. The van der Waals surface area contributed by atoms with Gasteiger partial charge >= 0.3 is 0 Å². The number of aromatic nitrogens is 2. The van der Waals surface area contributed by atoms with Crippen molar-refractivity contribution in [1.29, 1.82) is 5.41 Å². The number of hydrogen-bond donors (Lipinski definition) is 3. The van der Waals surface area contributed by atoms with E-state index in [0.717, 1.165) is 45.9 Å². The maximum Gasteiger partial charge on any atom is 0.227 e. The van der Waals surface area contributed by atoms with E-state index in [1.807, 2.05) is 74.8 Å². The average molecular weight is 399 g/mol. The third-order valence-electron chi connectivity index (χ3n) is 5.04.